The summed E-state index contributed by atoms with van der Waals surface area (Å²) in [5, 5.41) is 7.46. The number of carbonyl (C=O) groups excluding carboxylic acids is 1. The molecule has 24 heavy (non-hydrogen) atoms. The Morgan fingerprint density at radius 3 is 3.12 bits per heavy atom. The number of hydrogen-bond donors (Lipinski definition) is 1. The molecule has 0 aliphatic carbocycles. The number of rotatable bonds is 6. The van der Waals surface area contributed by atoms with Crippen LogP contribution in [0.1, 0.15) is 18.4 Å². The van der Waals surface area contributed by atoms with Crippen molar-refractivity contribution in [2.24, 2.45) is 0 Å². The van der Waals surface area contributed by atoms with Gasteiger partial charge in [-0.1, -0.05) is 41.3 Å². The smallest absolute Gasteiger partial charge is 0.230 e. The van der Waals surface area contributed by atoms with Crippen LogP contribution in [0.3, 0.4) is 0 Å². The molecule has 3 rings (SSSR count). The van der Waals surface area contributed by atoms with Gasteiger partial charge in [-0.3, -0.25) is 4.79 Å². The number of aromatic nitrogens is 2. The molecular formula is C16H19N3O2S3. The van der Waals surface area contributed by atoms with Gasteiger partial charge in [0.15, 0.2) is 8.29 Å². The minimum absolute atomic E-state index is 0.000870. The van der Waals surface area contributed by atoms with Gasteiger partial charge in [0.05, 0.1) is 17.5 Å². The van der Waals surface area contributed by atoms with E-state index in [1.165, 1.54) is 23.1 Å². The number of nitrogens with zero attached hydrogens (tertiary/aromatic N) is 2. The van der Waals surface area contributed by atoms with Crippen molar-refractivity contribution < 1.29 is 9.53 Å². The van der Waals surface area contributed by atoms with Crippen molar-refractivity contribution in [2.75, 3.05) is 18.9 Å². The fraction of sp³-hybridized carbons (Fsp3) is 0.438. The zero-order valence-corrected chi connectivity index (χ0v) is 15.8. The second kappa shape index (κ2) is 8.24. The molecule has 1 fully saturated rings. The molecule has 1 aliphatic rings. The largest absolute Gasteiger partial charge is 0.376 e. The van der Waals surface area contributed by atoms with Gasteiger partial charge in [0.1, 0.15) is 0 Å². The van der Waals surface area contributed by atoms with Crippen LogP contribution in [0.2, 0.25) is 0 Å². The molecule has 5 nitrogen and oxygen atoms in total. The Morgan fingerprint density at radius 2 is 2.38 bits per heavy atom. The van der Waals surface area contributed by atoms with Crippen molar-refractivity contribution in [3.8, 4) is 5.69 Å². The summed E-state index contributed by atoms with van der Waals surface area (Å²) >= 11 is 8.25. The third-order valence-electron chi connectivity index (χ3n) is 3.75. The number of aryl methyl sites for hydroxylation is 1. The van der Waals surface area contributed by atoms with E-state index in [0.717, 1.165) is 35.0 Å². The summed E-state index contributed by atoms with van der Waals surface area (Å²) < 4.78 is 8.75. The molecule has 128 valence electrons. The highest BCUT2D eigenvalue weighted by molar-refractivity contribution is 8.01. The summed E-state index contributed by atoms with van der Waals surface area (Å²) in [7, 11) is 0. The van der Waals surface area contributed by atoms with Crippen molar-refractivity contribution in [3.05, 3.63) is 33.8 Å². The van der Waals surface area contributed by atoms with Gasteiger partial charge in [-0.05, 0) is 43.6 Å². The Morgan fingerprint density at radius 1 is 1.54 bits per heavy atom. The maximum atomic E-state index is 11.9. The quantitative estimate of drug-likeness (QED) is 0.614. The summed E-state index contributed by atoms with van der Waals surface area (Å²) in [6.07, 6.45) is 2.27. The average Bonchev–Trinajstić information content (AvgIpc) is 3.21. The molecule has 0 bridgehead atoms. The molecule has 0 saturated carbocycles. The lowest BCUT2D eigenvalue weighted by Gasteiger charge is -2.10. The first-order chi connectivity index (χ1) is 11.6. The Balaban J connectivity index is 1.56. The number of amides is 1. The van der Waals surface area contributed by atoms with E-state index < -0.39 is 0 Å². The van der Waals surface area contributed by atoms with Crippen LogP contribution in [0, 0.1) is 10.9 Å². The number of para-hydroxylation sites is 1. The molecule has 1 aromatic carbocycles. The van der Waals surface area contributed by atoms with E-state index in [-0.39, 0.29) is 12.0 Å². The van der Waals surface area contributed by atoms with Crippen molar-refractivity contribution in [3.63, 3.8) is 0 Å². The molecule has 0 radical (unpaired) electrons. The summed E-state index contributed by atoms with van der Waals surface area (Å²) in [4.78, 5) is 11.9. The van der Waals surface area contributed by atoms with Crippen LogP contribution in [0.5, 0.6) is 0 Å². The maximum absolute atomic E-state index is 11.9. The van der Waals surface area contributed by atoms with Gasteiger partial charge >= 0.3 is 0 Å². The van der Waals surface area contributed by atoms with Gasteiger partial charge < -0.3 is 10.1 Å². The molecule has 1 saturated heterocycles. The predicted molar refractivity (Wildman–Crippen MR) is 99.7 cm³/mol. The van der Waals surface area contributed by atoms with Crippen LogP contribution in [0.25, 0.3) is 5.69 Å². The molecule has 1 amide bonds. The summed E-state index contributed by atoms with van der Waals surface area (Å²) in [6.45, 7) is 3.42. The molecule has 1 N–H and O–H groups in total. The van der Waals surface area contributed by atoms with Crippen molar-refractivity contribution in [2.45, 2.75) is 30.2 Å². The number of thioether (sulfide) groups is 1. The lowest BCUT2D eigenvalue weighted by atomic mass is 10.2. The number of nitrogens with one attached hydrogen (secondary N) is 1. The number of carbonyl (C=O) groups is 1. The minimum Gasteiger partial charge on any atom is -0.376 e. The highest BCUT2D eigenvalue weighted by Crippen LogP contribution is 2.25. The molecule has 0 unspecified atom stereocenters. The van der Waals surface area contributed by atoms with Gasteiger partial charge in [-0.15, -0.1) is 5.10 Å². The van der Waals surface area contributed by atoms with Gasteiger partial charge in [-0.25, -0.2) is 4.68 Å². The molecular weight excluding hydrogens is 362 g/mol. The topological polar surface area (TPSA) is 56.2 Å². The predicted octanol–water partition coefficient (Wildman–Crippen LogP) is 3.36. The first-order valence-corrected chi connectivity index (χ1v) is 10.0. The zero-order chi connectivity index (χ0) is 16.9. The van der Waals surface area contributed by atoms with E-state index in [9.17, 15) is 4.79 Å². The van der Waals surface area contributed by atoms with Crippen molar-refractivity contribution in [1.82, 2.24) is 15.1 Å². The summed E-state index contributed by atoms with van der Waals surface area (Å²) in [6, 6.07) is 7.98. The maximum Gasteiger partial charge on any atom is 0.230 e. The molecule has 0 spiro atoms. The highest BCUT2D eigenvalue weighted by Gasteiger charge is 2.16. The number of benzene rings is 1. The molecule has 1 atom stereocenters. The third-order valence-corrected chi connectivity index (χ3v) is 6.12. The van der Waals surface area contributed by atoms with Gasteiger partial charge in [-0.2, -0.15) is 0 Å². The van der Waals surface area contributed by atoms with Crippen LogP contribution in [-0.4, -0.2) is 40.7 Å². The minimum atomic E-state index is -0.000870. The van der Waals surface area contributed by atoms with Crippen LogP contribution in [0.15, 0.2) is 28.6 Å². The van der Waals surface area contributed by atoms with E-state index in [1.807, 2.05) is 31.2 Å². The number of hydrogen-bond acceptors (Lipinski definition) is 6. The Bertz CT molecular complexity index is 766. The van der Waals surface area contributed by atoms with E-state index in [4.69, 9.17) is 17.0 Å². The lowest BCUT2D eigenvalue weighted by molar-refractivity contribution is -0.119. The third kappa shape index (κ3) is 4.44. The fourth-order valence-corrected chi connectivity index (χ4v) is 4.66. The summed E-state index contributed by atoms with van der Waals surface area (Å²) in [5.74, 6) is 0.335. The van der Waals surface area contributed by atoms with E-state index in [0.29, 0.717) is 16.3 Å². The first-order valence-electron chi connectivity index (χ1n) is 7.81. The van der Waals surface area contributed by atoms with Gasteiger partial charge in [0, 0.05) is 13.2 Å². The SMILES string of the molecule is Cc1ccccc1-n1nc(SCC(=O)NC[C@@H]2CCCO2)sc1=S. The molecule has 2 aromatic rings. The van der Waals surface area contributed by atoms with Crippen molar-refractivity contribution >= 4 is 41.2 Å². The normalized spacial score (nSPS) is 17.1. The summed E-state index contributed by atoms with van der Waals surface area (Å²) in [5.41, 5.74) is 2.10. The van der Waals surface area contributed by atoms with Gasteiger partial charge in [0.2, 0.25) is 5.91 Å². The molecule has 1 aliphatic heterocycles. The molecule has 8 heteroatoms. The van der Waals surface area contributed by atoms with Crippen LogP contribution >= 0.6 is 35.3 Å². The molecule has 2 heterocycles. The Hall–Kier alpha value is -1.22. The molecule has 1 aromatic heterocycles. The number of ether oxygens (including phenoxy) is 1. The Kier molecular flexibility index (Phi) is 6.04. The van der Waals surface area contributed by atoms with Gasteiger partial charge in [0.25, 0.3) is 0 Å². The van der Waals surface area contributed by atoms with Crippen LogP contribution < -0.4 is 5.32 Å². The average molecular weight is 382 g/mol. The first kappa shape index (κ1) is 17.6. The zero-order valence-electron chi connectivity index (χ0n) is 13.4. The van der Waals surface area contributed by atoms with E-state index in [2.05, 4.69) is 10.4 Å². The highest BCUT2D eigenvalue weighted by atomic mass is 32.2. The second-order valence-electron chi connectivity index (χ2n) is 5.56. The lowest BCUT2D eigenvalue weighted by Crippen LogP contribution is -2.32. The Labute approximate surface area is 154 Å². The van der Waals surface area contributed by atoms with E-state index in [1.54, 1.807) is 4.68 Å². The van der Waals surface area contributed by atoms with E-state index >= 15 is 0 Å². The monoisotopic (exact) mass is 381 g/mol. The van der Waals surface area contributed by atoms with Crippen molar-refractivity contribution in [1.29, 1.82) is 0 Å². The van der Waals surface area contributed by atoms with Crippen LogP contribution in [0.4, 0.5) is 0 Å². The standard InChI is InChI=1S/C16H19N3O2S3/c1-11-5-2-3-7-13(11)19-16(22)24-15(18-19)23-10-14(20)17-9-12-6-4-8-21-12/h2-3,5,7,12H,4,6,8-10H2,1H3,(H,17,20)/t12-/m0/s1. The fourth-order valence-electron chi connectivity index (χ4n) is 2.48. The second-order valence-corrected chi connectivity index (χ2v) is 8.41. The van der Waals surface area contributed by atoms with Crippen LogP contribution in [-0.2, 0) is 9.53 Å².